The van der Waals surface area contributed by atoms with Gasteiger partial charge in [-0.3, -0.25) is 0 Å². The van der Waals surface area contributed by atoms with Crippen LogP contribution in [0.1, 0.15) is 35.5 Å². The molecule has 3 rings (SSSR count). The van der Waals surface area contributed by atoms with E-state index in [4.69, 9.17) is 9.15 Å². The first-order valence-corrected chi connectivity index (χ1v) is 7.22. The third kappa shape index (κ3) is 3.42. The molecule has 1 heterocycles. The predicted octanol–water partition coefficient (Wildman–Crippen LogP) is 3.73. The summed E-state index contributed by atoms with van der Waals surface area (Å²) in [6.07, 6.45) is 2.59. The molecule has 0 spiro atoms. The van der Waals surface area contributed by atoms with Crippen molar-refractivity contribution in [1.29, 1.82) is 0 Å². The van der Waals surface area contributed by atoms with E-state index < -0.39 is 0 Å². The lowest BCUT2D eigenvalue weighted by Gasteiger charge is -2.05. The molecule has 0 amide bonds. The summed E-state index contributed by atoms with van der Waals surface area (Å²) in [6, 6.07) is 10.9. The highest BCUT2D eigenvalue weighted by molar-refractivity contribution is 5.28. The molecule has 1 aliphatic rings. The lowest BCUT2D eigenvalue weighted by molar-refractivity contribution is 0.303. The molecule has 1 N–H and O–H groups in total. The van der Waals surface area contributed by atoms with Crippen molar-refractivity contribution in [3.05, 3.63) is 53.0 Å². The fourth-order valence-corrected chi connectivity index (χ4v) is 2.22. The zero-order valence-corrected chi connectivity index (χ0v) is 12.1. The first-order valence-electron chi connectivity index (χ1n) is 7.22. The van der Waals surface area contributed by atoms with Crippen LogP contribution < -0.4 is 10.1 Å². The molecule has 3 heteroatoms. The molecule has 1 fully saturated rings. The maximum atomic E-state index is 5.82. The molecule has 1 aromatic heterocycles. The number of hydrogen-bond donors (Lipinski definition) is 1. The lowest BCUT2D eigenvalue weighted by atomic mass is 10.2. The Morgan fingerprint density at radius 2 is 2.10 bits per heavy atom. The number of hydrogen-bond acceptors (Lipinski definition) is 3. The van der Waals surface area contributed by atoms with Gasteiger partial charge in [-0.05, 0) is 50.5 Å². The average Bonchev–Trinajstić information content (AvgIpc) is 3.18. The molecule has 1 aliphatic carbocycles. The summed E-state index contributed by atoms with van der Waals surface area (Å²) in [5, 5.41) is 3.46. The van der Waals surface area contributed by atoms with Gasteiger partial charge in [0, 0.05) is 11.6 Å². The zero-order valence-electron chi connectivity index (χ0n) is 12.1. The van der Waals surface area contributed by atoms with Crippen molar-refractivity contribution in [2.45, 2.75) is 45.9 Å². The van der Waals surface area contributed by atoms with E-state index in [1.165, 1.54) is 18.4 Å². The number of furan rings is 1. The molecule has 1 aromatic carbocycles. The van der Waals surface area contributed by atoms with Crippen LogP contribution in [0.3, 0.4) is 0 Å². The Morgan fingerprint density at radius 3 is 2.85 bits per heavy atom. The second-order valence-corrected chi connectivity index (χ2v) is 5.55. The molecule has 0 atom stereocenters. The summed E-state index contributed by atoms with van der Waals surface area (Å²) in [6.45, 7) is 5.44. The topological polar surface area (TPSA) is 34.4 Å². The Labute approximate surface area is 119 Å². The number of benzene rings is 1. The summed E-state index contributed by atoms with van der Waals surface area (Å²) in [5.41, 5.74) is 2.33. The van der Waals surface area contributed by atoms with Crippen LogP contribution in [0.4, 0.5) is 0 Å². The minimum Gasteiger partial charge on any atom is -0.489 e. The molecule has 1 saturated carbocycles. The zero-order chi connectivity index (χ0) is 13.9. The fourth-order valence-electron chi connectivity index (χ4n) is 2.22. The fraction of sp³-hybridized carbons (Fsp3) is 0.412. The molecule has 3 nitrogen and oxygen atoms in total. The molecule has 2 aromatic rings. The summed E-state index contributed by atoms with van der Waals surface area (Å²) >= 11 is 0. The van der Waals surface area contributed by atoms with E-state index in [-0.39, 0.29) is 0 Å². The quantitative estimate of drug-likeness (QED) is 0.869. The lowest BCUT2D eigenvalue weighted by Crippen LogP contribution is -2.14. The normalized spacial score (nSPS) is 14.5. The van der Waals surface area contributed by atoms with Crippen LogP contribution in [0.5, 0.6) is 5.75 Å². The van der Waals surface area contributed by atoms with Crippen molar-refractivity contribution >= 4 is 0 Å². The van der Waals surface area contributed by atoms with Gasteiger partial charge in [-0.15, -0.1) is 0 Å². The Bertz CT molecular complexity index is 584. The van der Waals surface area contributed by atoms with Gasteiger partial charge in [-0.25, -0.2) is 0 Å². The molecular weight excluding hydrogens is 250 g/mol. The van der Waals surface area contributed by atoms with E-state index in [2.05, 4.69) is 24.4 Å². The molecule has 0 radical (unpaired) electrons. The first kappa shape index (κ1) is 13.3. The average molecular weight is 271 g/mol. The minimum atomic E-state index is 0.558. The van der Waals surface area contributed by atoms with E-state index in [0.29, 0.717) is 12.6 Å². The minimum absolute atomic E-state index is 0.558. The van der Waals surface area contributed by atoms with Crippen LogP contribution in [0, 0.1) is 13.8 Å². The van der Waals surface area contributed by atoms with Crippen LogP contribution in [-0.2, 0) is 13.2 Å². The van der Waals surface area contributed by atoms with Crippen LogP contribution in [-0.4, -0.2) is 6.04 Å². The summed E-state index contributed by atoms with van der Waals surface area (Å²) < 4.78 is 11.6. The van der Waals surface area contributed by atoms with Gasteiger partial charge in [0.15, 0.2) is 0 Å². The SMILES string of the molecule is Cc1cccc(OCc2cc(CNC3CC3)oc2C)c1. The van der Waals surface area contributed by atoms with Crippen molar-refractivity contribution in [3.63, 3.8) is 0 Å². The molecule has 0 saturated heterocycles. The first-order chi connectivity index (χ1) is 9.70. The highest BCUT2D eigenvalue weighted by atomic mass is 16.5. The van der Waals surface area contributed by atoms with Crippen LogP contribution in [0.25, 0.3) is 0 Å². The largest absolute Gasteiger partial charge is 0.489 e. The highest BCUT2D eigenvalue weighted by Crippen LogP contribution is 2.22. The van der Waals surface area contributed by atoms with Gasteiger partial charge in [0.25, 0.3) is 0 Å². The highest BCUT2D eigenvalue weighted by Gasteiger charge is 2.20. The maximum Gasteiger partial charge on any atom is 0.120 e. The van der Waals surface area contributed by atoms with Crippen molar-refractivity contribution in [2.75, 3.05) is 0 Å². The second-order valence-electron chi connectivity index (χ2n) is 5.55. The summed E-state index contributed by atoms with van der Waals surface area (Å²) in [5.74, 6) is 2.85. The van der Waals surface area contributed by atoms with E-state index in [9.17, 15) is 0 Å². The van der Waals surface area contributed by atoms with Crippen LogP contribution >= 0.6 is 0 Å². The van der Waals surface area contributed by atoms with E-state index in [0.717, 1.165) is 29.4 Å². The second kappa shape index (κ2) is 5.71. The molecule has 20 heavy (non-hydrogen) atoms. The third-order valence-corrected chi connectivity index (χ3v) is 3.60. The number of ether oxygens (including phenoxy) is 1. The van der Waals surface area contributed by atoms with Gasteiger partial charge in [0.1, 0.15) is 23.9 Å². The molecule has 106 valence electrons. The van der Waals surface area contributed by atoms with Gasteiger partial charge in [-0.2, -0.15) is 0 Å². The van der Waals surface area contributed by atoms with E-state index in [1.54, 1.807) is 0 Å². The van der Waals surface area contributed by atoms with Gasteiger partial charge in [0.05, 0.1) is 6.54 Å². The number of rotatable bonds is 6. The monoisotopic (exact) mass is 271 g/mol. The van der Waals surface area contributed by atoms with Crippen molar-refractivity contribution in [2.24, 2.45) is 0 Å². The summed E-state index contributed by atoms with van der Waals surface area (Å²) in [4.78, 5) is 0. The van der Waals surface area contributed by atoms with E-state index in [1.807, 2.05) is 25.1 Å². The van der Waals surface area contributed by atoms with Crippen molar-refractivity contribution in [1.82, 2.24) is 5.32 Å². The third-order valence-electron chi connectivity index (χ3n) is 3.60. The molecule has 0 bridgehead atoms. The predicted molar refractivity (Wildman–Crippen MR) is 78.8 cm³/mol. The maximum absolute atomic E-state index is 5.82. The van der Waals surface area contributed by atoms with Crippen LogP contribution in [0.2, 0.25) is 0 Å². The smallest absolute Gasteiger partial charge is 0.120 e. The van der Waals surface area contributed by atoms with Crippen molar-refractivity contribution in [3.8, 4) is 5.75 Å². The van der Waals surface area contributed by atoms with Crippen LogP contribution in [0.15, 0.2) is 34.7 Å². The Morgan fingerprint density at radius 1 is 1.25 bits per heavy atom. The standard InChI is InChI=1S/C17H21NO2/c1-12-4-3-5-16(8-12)19-11-14-9-17(20-13(14)2)10-18-15-6-7-15/h3-5,8-9,15,18H,6-7,10-11H2,1-2H3. The van der Waals surface area contributed by atoms with Gasteiger partial charge >= 0.3 is 0 Å². The van der Waals surface area contributed by atoms with E-state index >= 15 is 0 Å². The van der Waals surface area contributed by atoms with Gasteiger partial charge < -0.3 is 14.5 Å². The summed E-state index contributed by atoms with van der Waals surface area (Å²) in [7, 11) is 0. The van der Waals surface area contributed by atoms with Crippen molar-refractivity contribution < 1.29 is 9.15 Å². The molecule has 0 unspecified atom stereocenters. The Hall–Kier alpha value is -1.74. The molecular formula is C17H21NO2. The Balaban J connectivity index is 1.58. The molecule has 0 aliphatic heterocycles. The number of aryl methyl sites for hydroxylation is 2. The Kier molecular flexibility index (Phi) is 3.79. The van der Waals surface area contributed by atoms with Gasteiger partial charge in [0.2, 0.25) is 0 Å². The number of nitrogens with one attached hydrogen (secondary N) is 1. The van der Waals surface area contributed by atoms with Gasteiger partial charge in [-0.1, -0.05) is 12.1 Å².